The van der Waals surface area contributed by atoms with Crippen LogP contribution in [0.25, 0.3) is 0 Å². The Kier molecular flexibility index (Phi) is 6.36. The van der Waals surface area contributed by atoms with E-state index >= 15 is 0 Å². The molecule has 222 valence electrons. The first-order valence-electron chi connectivity index (χ1n) is 14.1. The molecular formula is C33H22N4O8. The van der Waals surface area contributed by atoms with Crippen molar-refractivity contribution in [3.05, 3.63) is 151 Å². The molecule has 3 aliphatic carbocycles. The molecule has 1 heterocycles. The van der Waals surface area contributed by atoms with E-state index < -0.39 is 63.6 Å². The van der Waals surface area contributed by atoms with Crippen molar-refractivity contribution in [3.8, 4) is 0 Å². The Morgan fingerprint density at radius 3 is 1.60 bits per heavy atom. The lowest BCUT2D eigenvalue weighted by Crippen LogP contribution is -2.52. The number of rotatable bonds is 7. The van der Waals surface area contributed by atoms with Crippen LogP contribution >= 0.6 is 0 Å². The van der Waals surface area contributed by atoms with E-state index in [1.54, 1.807) is 0 Å². The Morgan fingerprint density at radius 1 is 0.644 bits per heavy atom. The third-order valence-electron chi connectivity index (χ3n) is 8.90. The fourth-order valence-electron chi connectivity index (χ4n) is 7.03. The number of amides is 3. The molecule has 2 bridgehead atoms. The highest BCUT2D eigenvalue weighted by molar-refractivity contribution is 6.11. The standard InChI is InChI=1S/C33H22N4O8/c38-26(19-6-5-7-21(16-19)37(44)45)17-34(31(39)18-12-14-20(15-13-18)36(42)43)35-32(40)29-27-22-8-1-2-9-23(22)28(30(29)33(35)41)25-11-4-3-10-24(25)27/h1-16,27-30H,17H2/t27?,28?,29-,30+. The second kappa shape index (κ2) is 10.3. The minimum Gasteiger partial charge on any atom is -0.292 e. The van der Waals surface area contributed by atoms with Crippen LogP contribution in [0.2, 0.25) is 0 Å². The fourth-order valence-corrected chi connectivity index (χ4v) is 7.03. The number of hydrazine groups is 1. The summed E-state index contributed by atoms with van der Waals surface area (Å²) in [7, 11) is 0. The molecule has 12 nitrogen and oxygen atoms in total. The van der Waals surface area contributed by atoms with Crippen molar-refractivity contribution in [1.29, 1.82) is 0 Å². The van der Waals surface area contributed by atoms with Gasteiger partial charge in [-0.1, -0.05) is 60.7 Å². The number of imide groups is 1. The van der Waals surface area contributed by atoms with Crippen molar-refractivity contribution in [3.63, 3.8) is 0 Å². The average Bonchev–Trinajstić information content (AvgIpc) is 3.32. The predicted octanol–water partition coefficient (Wildman–Crippen LogP) is 4.64. The number of nitrogens with zero attached hydrogens (tertiary/aromatic N) is 4. The van der Waals surface area contributed by atoms with Gasteiger partial charge in [0.2, 0.25) is 0 Å². The summed E-state index contributed by atoms with van der Waals surface area (Å²) in [5.41, 5.74) is 2.87. The highest BCUT2D eigenvalue weighted by atomic mass is 16.6. The van der Waals surface area contributed by atoms with Crippen molar-refractivity contribution in [1.82, 2.24) is 10.0 Å². The molecule has 0 spiro atoms. The normalized spacial score (nSPS) is 20.7. The van der Waals surface area contributed by atoms with Gasteiger partial charge in [0.1, 0.15) is 6.54 Å². The van der Waals surface area contributed by atoms with Crippen LogP contribution in [0.5, 0.6) is 0 Å². The topological polar surface area (TPSA) is 161 Å². The van der Waals surface area contributed by atoms with E-state index in [0.717, 1.165) is 50.5 Å². The summed E-state index contributed by atoms with van der Waals surface area (Å²) >= 11 is 0. The third kappa shape index (κ3) is 4.21. The zero-order valence-electron chi connectivity index (χ0n) is 23.3. The Morgan fingerprint density at radius 2 is 1.13 bits per heavy atom. The quantitative estimate of drug-likeness (QED) is 0.128. The van der Waals surface area contributed by atoms with E-state index in [1.165, 1.54) is 30.3 Å². The van der Waals surface area contributed by atoms with Gasteiger partial charge in [0.05, 0.1) is 21.7 Å². The van der Waals surface area contributed by atoms with Gasteiger partial charge in [-0.25, -0.2) is 5.01 Å². The van der Waals surface area contributed by atoms with Crippen LogP contribution in [-0.2, 0) is 9.59 Å². The van der Waals surface area contributed by atoms with Crippen LogP contribution in [0.3, 0.4) is 0 Å². The maximum Gasteiger partial charge on any atom is 0.273 e. The smallest absolute Gasteiger partial charge is 0.273 e. The van der Waals surface area contributed by atoms with Crippen LogP contribution in [0.15, 0.2) is 97.1 Å². The van der Waals surface area contributed by atoms with Crippen molar-refractivity contribution in [2.24, 2.45) is 11.8 Å². The van der Waals surface area contributed by atoms with Gasteiger partial charge in [-0.2, -0.15) is 5.01 Å². The Bertz CT molecular complexity index is 1860. The second-order valence-corrected chi connectivity index (χ2v) is 11.2. The number of ketones is 1. The summed E-state index contributed by atoms with van der Waals surface area (Å²) in [4.78, 5) is 77.5. The minimum absolute atomic E-state index is 0.0953. The molecule has 12 heteroatoms. The number of Topliss-reactive ketones (excluding diaryl/α,β-unsaturated/α-hetero) is 1. The monoisotopic (exact) mass is 602 g/mol. The second-order valence-electron chi connectivity index (χ2n) is 11.2. The number of carbonyl (C=O) groups is 4. The van der Waals surface area contributed by atoms with E-state index in [0.29, 0.717) is 0 Å². The molecule has 0 aromatic heterocycles. The summed E-state index contributed by atoms with van der Waals surface area (Å²) in [5, 5.41) is 24.1. The fraction of sp³-hybridized carbons (Fsp3) is 0.152. The number of benzene rings is 4. The van der Waals surface area contributed by atoms with Gasteiger partial charge in [-0.05, 0) is 34.4 Å². The maximum atomic E-state index is 14.4. The number of hydrogen-bond acceptors (Lipinski definition) is 8. The molecule has 3 amide bonds. The van der Waals surface area contributed by atoms with E-state index in [-0.39, 0.29) is 22.5 Å². The van der Waals surface area contributed by atoms with E-state index in [2.05, 4.69) is 0 Å². The SMILES string of the molecule is O=C(CN(C(=O)c1ccc([N+](=O)[O-])cc1)N1C(=O)[C@@H]2C3c4ccccc4C(c4ccccc43)[C@@H]2C1=O)c1cccc([N+](=O)[O-])c1. The highest BCUT2D eigenvalue weighted by Crippen LogP contribution is 2.61. The molecule has 4 aliphatic rings. The molecule has 2 atom stereocenters. The minimum atomic E-state index is -0.911. The first-order chi connectivity index (χ1) is 21.7. The largest absolute Gasteiger partial charge is 0.292 e. The molecule has 4 aromatic rings. The van der Waals surface area contributed by atoms with Crippen LogP contribution in [-0.4, -0.2) is 49.9 Å². The summed E-state index contributed by atoms with van der Waals surface area (Å²) in [5.74, 6) is -5.56. The Balaban J connectivity index is 1.32. The van der Waals surface area contributed by atoms with Crippen LogP contribution < -0.4 is 0 Å². The molecule has 0 radical (unpaired) electrons. The molecule has 1 fully saturated rings. The lowest BCUT2D eigenvalue weighted by molar-refractivity contribution is -0.385. The lowest BCUT2D eigenvalue weighted by atomic mass is 9.55. The molecule has 1 saturated heterocycles. The van der Waals surface area contributed by atoms with E-state index in [4.69, 9.17) is 0 Å². The van der Waals surface area contributed by atoms with E-state index in [9.17, 15) is 39.4 Å². The Hall–Kier alpha value is -6.04. The van der Waals surface area contributed by atoms with Gasteiger partial charge >= 0.3 is 0 Å². The molecule has 0 saturated carbocycles. The first-order valence-corrected chi connectivity index (χ1v) is 14.1. The first kappa shape index (κ1) is 27.8. The van der Waals surface area contributed by atoms with Gasteiger partial charge in [0.25, 0.3) is 29.1 Å². The molecule has 45 heavy (non-hydrogen) atoms. The van der Waals surface area contributed by atoms with Gasteiger partial charge < -0.3 is 0 Å². The maximum absolute atomic E-state index is 14.4. The predicted molar refractivity (Wildman–Crippen MR) is 157 cm³/mol. The van der Waals surface area contributed by atoms with Gasteiger partial charge in [-0.3, -0.25) is 39.4 Å². The number of hydrogen-bond donors (Lipinski definition) is 0. The van der Waals surface area contributed by atoms with Crippen LogP contribution in [0, 0.1) is 32.1 Å². The van der Waals surface area contributed by atoms with Gasteiger partial charge in [0, 0.05) is 47.2 Å². The van der Waals surface area contributed by atoms with Crippen molar-refractivity contribution in [2.75, 3.05) is 6.54 Å². The number of nitro groups is 2. The van der Waals surface area contributed by atoms with Crippen LogP contribution in [0.1, 0.15) is 54.8 Å². The number of non-ortho nitro benzene ring substituents is 2. The molecule has 4 aromatic carbocycles. The molecule has 1 aliphatic heterocycles. The third-order valence-corrected chi connectivity index (χ3v) is 8.90. The van der Waals surface area contributed by atoms with Crippen molar-refractivity contribution >= 4 is 34.9 Å². The number of carbonyl (C=O) groups excluding carboxylic acids is 4. The molecule has 0 N–H and O–H groups in total. The lowest BCUT2D eigenvalue weighted by Gasteiger charge is -2.45. The highest BCUT2D eigenvalue weighted by Gasteiger charge is 2.63. The number of nitro benzene ring substituents is 2. The van der Waals surface area contributed by atoms with Crippen LogP contribution in [0.4, 0.5) is 11.4 Å². The zero-order valence-corrected chi connectivity index (χ0v) is 23.3. The zero-order chi connectivity index (χ0) is 31.6. The molecule has 8 rings (SSSR count). The van der Waals surface area contributed by atoms with Gasteiger partial charge in [-0.15, -0.1) is 0 Å². The summed E-state index contributed by atoms with van der Waals surface area (Å²) < 4.78 is 0. The summed E-state index contributed by atoms with van der Waals surface area (Å²) in [6.07, 6.45) is 0. The van der Waals surface area contributed by atoms with Gasteiger partial charge in [0.15, 0.2) is 5.78 Å². The molecule has 0 unspecified atom stereocenters. The molecular weight excluding hydrogens is 580 g/mol. The summed E-state index contributed by atoms with van der Waals surface area (Å²) in [6, 6.07) is 24.7. The van der Waals surface area contributed by atoms with E-state index in [1.807, 2.05) is 48.5 Å². The Labute approximate surface area is 254 Å². The summed E-state index contributed by atoms with van der Waals surface area (Å²) in [6.45, 7) is -0.789. The van der Waals surface area contributed by atoms with Crippen molar-refractivity contribution < 1.29 is 29.0 Å². The average molecular weight is 603 g/mol. The van der Waals surface area contributed by atoms with Crippen molar-refractivity contribution in [2.45, 2.75) is 11.8 Å².